The lowest BCUT2D eigenvalue weighted by atomic mass is 10.3. The number of thiophene rings is 1. The maximum absolute atomic E-state index is 12.7. The summed E-state index contributed by atoms with van der Waals surface area (Å²) in [4.78, 5) is 25.4. The third-order valence-corrected chi connectivity index (χ3v) is 7.29. The van der Waals surface area contributed by atoms with Crippen molar-refractivity contribution in [3.05, 3.63) is 57.4 Å². The van der Waals surface area contributed by atoms with Crippen molar-refractivity contribution >= 4 is 50.1 Å². The first-order chi connectivity index (χ1) is 12.6. The molecule has 132 valence electrons. The van der Waals surface area contributed by atoms with Gasteiger partial charge >= 0.3 is 0 Å². The molecule has 4 rings (SSSR count). The molecular weight excluding hydrogens is 382 g/mol. The molecule has 4 nitrogen and oxygen atoms in total. The summed E-state index contributed by atoms with van der Waals surface area (Å²) in [5, 5.41) is 4.10. The van der Waals surface area contributed by atoms with E-state index in [1.165, 1.54) is 11.3 Å². The fraction of sp³-hybridized carbons (Fsp3) is 0.211. The highest BCUT2D eigenvalue weighted by Crippen LogP contribution is 2.34. The van der Waals surface area contributed by atoms with Crippen LogP contribution in [0.3, 0.4) is 0 Å². The Morgan fingerprint density at radius 1 is 1.12 bits per heavy atom. The van der Waals surface area contributed by atoms with Gasteiger partial charge in [0.05, 0.1) is 37.2 Å². The van der Waals surface area contributed by atoms with Gasteiger partial charge in [-0.25, -0.2) is 9.97 Å². The number of carbonyl (C=O) groups excluding carboxylic acids is 1. The summed E-state index contributed by atoms with van der Waals surface area (Å²) in [7, 11) is 1.82. The maximum Gasteiger partial charge on any atom is 0.264 e. The van der Waals surface area contributed by atoms with Crippen LogP contribution in [0.4, 0.5) is 0 Å². The molecule has 0 saturated heterocycles. The van der Waals surface area contributed by atoms with Gasteiger partial charge in [-0.05, 0) is 30.7 Å². The van der Waals surface area contributed by atoms with Crippen molar-refractivity contribution in [3.63, 3.8) is 0 Å². The number of thiazole rings is 2. The Kier molecular flexibility index (Phi) is 4.84. The lowest BCUT2D eigenvalue weighted by molar-refractivity contribution is 0.0788. The van der Waals surface area contributed by atoms with Crippen LogP contribution in [0.25, 0.3) is 20.1 Å². The van der Waals surface area contributed by atoms with Gasteiger partial charge in [0, 0.05) is 12.4 Å². The second-order valence-corrected chi connectivity index (χ2v) is 8.96. The lowest BCUT2D eigenvalue weighted by Crippen LogP contribution is -2.25. The number of nitrogens with zero attached hydrogens (tertiary/aromatic N) is 3. The lowest BCUT2D eigenvalue weighted by Gasteiger charge is -2.14. The van der Waals surface area contributed by atoms with Gasteiger partial charge in [-0.3, -0.25) is 4.79 Å². The van der Waals surface area contributed by atoms with Crippen LogP contribution in [0.5, 0.6) is 0 Å². The van der Waals surface area contributed by atoms with E-state index >= 15 is 0 Å². The number of rotatable bonds is 5. The number of benzene rings is 1. The molecule has 0 radical (unpaired) electrons. The highest BCUT2D eigenvalue weighted by molar-refractivity contribution is 7.26. The summed E-state index contributed by atoms with van der Waals surface area (Å²) in [5.41, 5.74) is 1.95. The summed E-state index contributed by atoms with van der Waals surface area (Å²) in [6.07, 6.45) is 0.929. The molecule has 0 atom stereocenters. The van der Waals surface area contributed by atoms with Crippen LogP contribution in [-0.2, 0) is 13.0 Å². The first-order valence-corrected chi connectivity index (χ1v) is 10.8. The third-order valence-electron chi connectivity index (χ3n) is 3.97. The van der Waals surface area contributed by atoms with Gasteiger partial charge < -0.3 is 4.90 Å². The van der Waals surface area contributed by atoms with E-state index in [9.17, 15) is 4.79 Å². The molecule has 0 N–H and O–H groups in total. The van der Waals surface area contributed by atoms with Crippen molar-refractivity contribution in [3.8, 4) is 9.88 Å². The highest BCUT2D eigenvalue weighted by Gasteiger charge is 2.17. The number of carbonyl (C=O) groups is 1. The van der Waals surface area contributed by atoms with Crippen LogP contribution >= 0.6 is 34.0 Å². The van der Waals surface area contributed by atoms with Crippen LogP contribution in [-0.4, -0.2) is 27.8 Å². The normalized spacial score (nSPS) is 11.2. The van der Waals surface area contributed by atoms with E-state index in [-0.39, 0.29) is 5.91 Å². The van der Waals surface area contributed by atoms with Crippen LogP contribution in [0.15, 0.2) is 41.8 Å². The molecule has 0 bridgehead atoms. The van der Waals surface area contributed by atoms with E-state index in [0.717, 1.165) is 42.1 Å². The smallest absolute Gasteiger partial charge is 0.264 e. The molecule has 0 aliphatic rings. The number of aryl methyl sites for hydroxylation is 1. The van der Waals surface area contributed by atoms with E-state index in [4.69, 9.17) is 0 Å². The minimum Gasteiger partial charge on any atom is -0.335 e. The van der Waals surface area contributed by atoms with Crippen LogP contribution < -0.4 is 0 Å². The zero-order valence-corrected chi connectivity index (χ0v) is 16.9. The molecule has 1 amide bonds. The van der Waals surface area contributed by atoms with E-state index in [0.29, 0.717) is 6.54 Å². The Morgan fingerprint density at radius 2 is 1.96 bits per heavy atom. The molecule has 0 unspecified atom stereocenters. The average molecular weight is 400 g/mol. The van der Waals surface area contributed by atoms with Crippen molar-refractivity contribution in [1.82, 2.24) is 14.9 Å². The molecule has 0 fully saturated rings. The molecule has 3 aromatic heterocycles. The van der Waals surface area contributed by atoms with Crippen molar-refractivity contribution < 1.29 is 4.79 Å². The van der Waals surface area contributed by atoms with Crippen molar-refractivity contribution in [2.45, 2.75) is 19.9 Å². The Hall–Kier alpha value is -2.09. The number of fused-ring (bicyclic) bond motifs is 1. The van der Waals surface area contributed by atoms with E-state index in [2.05, 4.69) is 23.0 Å². The molecule has 3 heterocycles. The highest BCUT2D eigenvalue weighted by atomic mass is 32.1. The van der Waals surface area contributed by atoms with Crippen molar-refractivity contribution in [1.29, 1.82) is 0 Å². The second kappa shape index (κ2) is 7.26. The molecule has 0 saturated carbocycles. The number of para-hydroxylation sites is 1. The number of amides is 1. The number of aromatic nitrogens is 2. The minimum atomic E-state index is 0.0217. The molecule has 7 heteroatoms. The summed E-state index contributed by atoms with van der Waals surface area (Å²) in [6.45, 7) is 2.62. The van der Waals surface area contributed by atoms with Gasteiger partial charge in [-0.2, -0.15) is 0 Å². The average Bonchev–Trinajstić information content (AvgIpc) is 3.38. The van der Waals surface area contributed by atoms with E-state index < -0.39 is 0 Å². The van der Waals surface area contributed by atoms with Crippen molar-refractivity contribution in [2.24, 2.45) is 0 Å². The van der Waals surface area contributed by atoms with Gasteiger partial charge in [-0.15, -0.1) is 34.0 Å². The van der Waals surface area contributed by atoms with Gasteiger partial charge in [0.15, 0.2) is 0 Å². The van der Waals surface area contributed by atoms with Crippen LogP contribution in [0.1, 0.15) is 27.3 Å². The quantitative estimate of drug-likeness (QED) is 0.456. The molecule has 1 aromatic carbocycles. The zero-order valence-electron chi connectivity index (χ0n) is 14.4. The largest absolute Gasteiger partial charge is 0.335 e. The molecule has 26 heavy (non-hydrogen) atoms. The summed E-state index contributed by atoms with van der Waals surface area (Å²) in [5.74, 6) is 0.0217. The monoisotopic (exact) mass is 399 g/mol. The SMILES string of the molecule is CCc1nc(CN(C)C(=O)c2ccc(-c3nc4ccccc4s3)s2)cs1. The van der Waals surface area contributed by atoms with Gasteiger partial charge in [0.1, 0.15) is 5.01 Å². The fourth-order valence-corrected chi connectivity index (χ4v) is 5.39. The van der Waals surface area contributed by atoms with Crippen LogP contribution in [0, 0.1) is 0 Å². The molecular formula is C19H17N3OS3. The zero-order chi connectivity index (χ0) is 18.1. The Bertz CT molecular complexity index is 1030. The van der Waals surface area contributed by atoms with Gasteiger partial charge in [0.25, 0.3) is 5.91 Å². The van der Waals surface area contributed by atoms with E-state index in [1.807, 2.05) is 42.8 Å². The third kappa shape index (κ3) is 3.42. The standard InChI is InChI=1S/C19H17N3OS3/c1-3-17-20-12(11-24-17)10-22(2)19(23)16-9-8-15(25-16)18-21-13-6-4-5-7-14(13)26-18/h4-9,11H,3,10H2,1-2H3. The number of hydrogen-bond acceptors (Lipinski definition) is 6. The second-order valence-electron chi connectivity index (χ2n) is 5.90. The van der Waals surface area contributed by atoms with Crippen molar-refractivity contribution in [2.75, 3.05) is 7.05 Å². The summed E-state index contributed by atoms with van der Waals surface area (Å²) in [6, 6.07) is 12.0. The molecule has 0 aliphatic carbocycles. The molecule has 0 spiro atoms. The van der Waals surface area contributed by atoms with Gasteiger partial charge in [0.2, 0.25) is 0 Å². The van der Waals surface area contributed by atoms with Gasteiger partial charge in [-0.1, -0.05) is 19.1 Å². The van der Waals surface area contributed by atoms with Crippen LogP contribution in [0.2, 0.25) is 0 Å². The Labute approximate surface area is 163 Å². The minimum absolute atomic E-state index is 0.0217. The van der Waals surface area contributed by atoms with E-state index in [1.54, 1.807) is 27.6 Å². The predicted octanol–water partition coefficient (Wildman–Crippen LogP) is 5.32. The Morgan fingerprint density at radius 3 is 2.73 bits per heavy atom. The number of hydrogen-bond donors (Lipinski definition) is 0. The molecule has 0 aliphatic heterocycles. The maximum atomic E-state index is 12.7. The summed E-state index contributed by atoms with van der Waals surface area (Å²) < 4.78 is 1.16. The molecule has 4 aromatic rings. The summed E-state index contributed by atoms with van der Waals surface area (Å²) >= 11 is 4.80. The fourth-order valence-electron chi connectivity index (χ4n) is 2.63. The predicted molar refractivity (Wildman–Crippen MR) is 110 cm³/mol. The topological polar surface area (TPSA) is 46.1 Å². The first-order valence-electron chi connectivity index (χ1n) is 8.28. The Balaban J connectivity index is 1.51. The first kappa shape index (κ1) is 17.3.